The third-order valence-corrected chi connectivity index (χ3v) is 2.41. The molecular formula is C11H16BNO6. The number of aliphatic carboxylic acids is 1. The first kappa shape index (κ1) is 15.5. The number of rotatable bonds is 3. The standard InChI is InChI=1S/C9H12BNO4.C2H4O2/c11-4-9-7-2-1-6(14-5-12)3-8(7)10(13)15-9;1-2(3)4/h1-3,9,12-13H,4-5,11H2;1H3,(H,3,4). The van der Waals surface area contributed by atoms with Crippen molar-refractivity contribution < 1.29 is 29.4 Å². The van der Waals surface area contributed by atoms with Crippen LogP contribution in [0.5, 0.6) is 5.75 Å². The molecule has 1 aromatic carbocycles. The minimum Gasteiger partial charge on any atom is -0.481 e. The molecule has 0 bridgehead atoms. The van der Waals surface area contributed by atoms with Crippen LogP contribution in [0.4, 0.5) is 0 Å². The lowest BCUT2D eigenvalue weighted by Crippen LogP contribution is -2.28. The van der Waals surface area contributed by atoms with E-state index < -0.39 is 19.9 Å². The van der Waals surface area contributed by atoms with E-state index in [2.05, 4.69) is 0 Å². The van der Waals surface area contributed by atoms with Crippen molar-refractivity contribution in [3.8, 4) is 5.75 Å². The van der Waals surface area contributed by atoms with Crippen molar-refractivity contribution in [2.24, 2.45) is 5.73 Å². The molecule has 1 unspecified atom stereocenters. The number of fused-ring (bicyclic) bond motifs is 1. The van der Waals surface area contributed by atoms with E-state index in [-0.39, 0.29) is 6.10 Å². The van der Waals surface area contributed by atoms with E-state index in [9.17, 15) is 5.02 Å². The van der Waals surface area contributed by atoms with Gasteiger partial charge in [-0.3, -0.25) is 4.79 Å². The van der Waals surface area contributed by atoms with Crippen LogP contribution in [-0.2, 0) is 9.45 Å². The summed E-state index contributed by atoms with van der Waals surface area (Å²) in [6.45, 7) is 1.01. The normalized spacial score (nSPS) is 16.4. The van der Waals surface area contributed by atoms with E-state index in [0.717, 1.165) is 12.5 Å². The van der Waals surface area contributed by atoms with Gasteiger partial charge < -0.3 is 30.4 Å². The molecule has 0 amide bonds. The summed E-state index contributed by atoms with van der Waals surface area (Å²) in [4.78, 5) is 9.00. The molecule has 19 heavy (non-hydrogen) atoms. The molecule has 5 N–H and O–H groups in total. The van der Waals surface area contributed by atoms with Gasteiger partial charge >= 0.3 is 7.12 Å². The van der Waals surface area contributed by atoms with Gasteiger partial charge in [0, 0.05) is 13.5 Å². The summed E-state index contributed by atoms with van der Waals surface area (Å²) >= 11 is 0. The summed E-state index contributed by atoms with van der Waals surface area (Å²) < 4.78 is 10.1. The van der Waals surface area contributed by atoms with Gasteiger partial charge in [0.2, 0.25) is 0 Å². The second-order valence-electron chi connectivity index (χ2n) is 3.80. The zero-order valence-corrected chi connectivity index (χ0v) is 10.4. The van der Waals surface area contributed by atoms with E-state index in [0.29, 0.717) is 17.8 Å². The minimum absolute atomic E-state index is 0.266. The van der Waals surface area contributed by atoms with Crippen LogP contribution in [0, 0.1) is 0 Å². The van der Waals surface area contributed by atoms with Gasteiger partial charge in [0.25, 0.3) is 5.97 Å². The fourth-order valence-electron chi connectivity index (χ4n) is 1.71. The second kappa shape index (κ2) is 7.10. The fraction of sp³-hybridized carbons (Fsp3) is 0.364. The largest absolute Gasteiger partial charge is 0.492 e. The quantitative estimate of drug-likeness (QED) is 0.402. The first-order valence-corrected chi connectivity index (χ1v) is 5.60. The molecule has 0 saturated carbocycles. The predicted octanol–water partition coefficient (Wildman–Crippen LogP) is -1.18. The van der Waals surface area contributed by atoms with E-state index in [1.807, 2.05) is 0 Å². The molecule has 1 atom stereocenters. The Labute approximate surface area is 110 Å². The number of ether oxygens (including phenoxy) is 1. The minimum atomic E-state index is -0.962. The van der Waals surface area contributed by atoms with E-state index in [1.165, 1.54) is 0 Å². The Hall–Kier alpha value is -1.61. The van der Waals surface area contributed by atoms with Crippen molar-refractivity contribution in [3.05, 3.63) is 23.8 Å². The maximum absolute atomic E-state index is 9.58. The molecule has 0 saturated heterocycles. The molecule has 8 heteroatoms. The number of benzene rings is 1. The first-order chi connectivity index (χ1) is 8.99. The van der Waals surface area contributed by atoms with Crippen LogP contribution in [0.25, 0.3) is 0 Å². The van der Waals surface area contributed by atoms with Crippen molar-refractivity contribution in [2.45, 2.75) is 13.0 Å². The van der Waals surface area contributed by atoms with E-state index in [1.54, 1.807) is 18.2 Å². The van der Waals surface area contributed by atoms with Crippen LogP contribution in [0.15, 0.2) is 18.2 Å². The number of aliphatic hydroxyl groups is 1. The number of carboxylic acid groups (broad SMARTS) is 1. The average molecular weight is 269 g/mol. The Bertz CT molecular complexity index is 437. The summed E-state index contributed by atoms with van der Waals surface area (Å²) in [7, 11) is -0.962. The molecule has 1 aromatic rings. The molecule has 0 aliphatic carbocycles. The summed E-state index contributed by atoms with van der Waals surface area (Å²) in [5, 5.41) is 25.6. The summed E-state index contributed by atoms with van der Waals surface area (Å²) in [5.41, 5.74) is 7.02. The Morgan fingerprint density at radius 1 is 1.58 bits per heavy atom. The van der Waals surface area contributed by atoms with Gasteiger partial charge in [-0.15, -0.1) is 0 Å². The molecule has 1 heterocycles. The van der Waals surface area contributed by atoms with Crippen LogP contribution in [0.1, 0.15) is 18.6 Å². The van der Waals surface area contributed by atoms with Gasteiger partial charge in [0.1, 0.15) is 5.75 Å². The predicted molar refractivity (Wildman–Crippen MR) is 68.0 cm³/mol. The number of carbonyl (C=O) groups is 1. The number of hydrogen-bond acceptors (Lipinski definition) is 6. The number of carboxylic acids is 1. The van der Waals surface area contributed by atoms with E-state index >= 15 is 0 Å². The highest BCUT2D eigenvalue weighted by Gasteiger charge is 2.34. The molecule has 0 spiro atoms. The van der Waals surface area contributed by atoms with Crippen LogP contribution in [0.3, 0.4) is 0 Å². The molecule has 1 aliphatic rings. The Balaban J connectivity index is 0.000000399. The molecular weight excluding hydrogens is 253 g/mol. The molecule has 7 nitrogen and oxygen atoms in total. The van der Waals surface area contributed by atoms with Crippen LogP contribution < -0.4 is 15.9 Å². The van der Waals surface area contributed by atoms with Gasteiger partial charge in [-0.25, -0.2) is 0 Å². The van der Waals surface area contributed by atoms with Crippen molar-refractivity contribution in [2.75, 3.05) is 13.3 Å². The topological polar surface area (TPSA) is 122 Å². The summed E-state index contributed by atoms with van der Waals surface area (Å²) in [6, 6.07) is 5.14. The van der Waals surface area contributed by atoms with Crippen LogP contribution in [0.2, 0.25) is 0 Å². The third kappa shape index (κ3) is 4.21. The van der Waals surface area contributed by atoms with Crippen LogP contribution >= 0.6 is 0 Å². The van der Waals surface area contributed by atoms with Crippen LogP contribution in [-0.4, -0.2) is 41.7 Å². The smallest absolute Gasteiger partial charge is 0.481 e. The highest BCUT2D eigenvalue weighted by molar-refractivity contribution is 6.61. The van der Waals surface area contributed by atoms with Gasteiger partial charge in [-0.2, -0.15) is 0 Å². The third-order valence-electron chi connectivity index (χ3n) is 2.41. The lowest BCUT2D eigenvalue weighted by molar-refractivity contribution is -0.134. The number of hydrogen-bond donors (Lipinski definition) is 4. The zero-order chi connectivity index (χ0) is 14.4. The molecule has 0 aromatic heterocycles. The van der Waals surface area contributed by atoms with Gasteiger partial charge in [-0.1, -0.05) is 6.07 Å². The average Bonchev–Trinajstić information content (AvgIpc) is 2.66. The van der Waals surface area contributed by atoms with Crippen molar-refractivity contribution in [1.29, 1.82) is 0 Å². The van der Waals surface area contributed by atoms with Gasteiger partial charge in [0.15, 0.2) is 6.79 Å². The highest BCUT2D eigenvalue weighted by atomic mass is 16.6. The Kier molecular flexibility index (Phi) is 5.77. The van der Waals surface area contributed by atoms with Crippen molar-refractivity contribution >= 4 is 18.6 Å². The number of aliphatic hydroxyl groups excluding tert-OH is 1. The molecule has 1 aliphatic heterocycles. The second-order valence-corrected chi connectivity index (χ2v) is 3.80. The SMILES string of the molecule is CC(=O)O.NCC1OB(O)c2cc(OCO)ccc21. The van der Waals surface area contributed by atoms with Gasteiger partial charge in [-0.05, 0) is 23.2 Å². The maximum atomic E-state index is 9.58. The zero-order valence-electron chi connectivity index (χ0n) is 10.4. The lowest BCUT2D eigenvalue weighted by atomic mass is 9.79. The fourth-order valence-corrected chi connectivity index (χ4v) is 1.71. The Morgan fingerprint density at radius 2 is 2.21 bits per heavy atom. The van der Waals surface area contributed by atoms with Crippen molar-refractivity contribution in [1.82, 2.24) is 0 Å². The monoisotopic (exact) mass is 269 g/mol. The molecule has 0 radical (unpaired) electrons. The maximum Gasteiger partial charge on any atom is 0.492 e. The van der Waals surface area contributed by atoms with Crippen molar-refractivity contribution in [3.63, 3.8) is 0 Å². The van der Waals surface area contributed by atoms with Gasteiger partial charge in [0.05, 0.1) is 6.10 Å². The van der Waals surface area contributed by atoms with E-state index in [4.69, 9.17) is 30.1 Å². The highest BCUT2D eigenvalue weighted by Crippen LogP contribution is 2.24. The molecule has 104 valence electrons. The lowest BCUT2D eigenvalue weighted by Gasteiger charge is -2.08. The molecule has 2 rings (SSSR count). The summed E-state index contributed by atoms with van der Waals surface area (Å²) in [5.74, 6) is -0.337. The summed E-state index contributed by atoms with van der Waals surface area (Å²) in [6.07, 6.45) is -0.266. The first-order valence-electron chi connectivity index (χ1n) is 5.60. The Morgan fingerprint density at radius 3 is 2.74 bits per heavy atom. The number of nitrogens with two attached hydrogens (primary N) is 1. The molecule has 0 fully saturated rings.